The molecular formula is C22H25ClN2O3. The molecule has 0 bridgehead atoms. The number of piperidine rings is 1. The highest BCUT2D eigenvalue weighted by atomic mass is 35.5. The standard InChI is InChI=1S/C22H25ClN2O3/c1-28-20-8-2-16(3-9-20)22(27)17-10-13-25(14-11-17)15-12-21(26)24-19-6-4-18(23)5-7-19/h2-9,17H,10-15H2,1H3,(H,24,26). The molecule has 1 aliphatic heterocycles. The van der Waals surface area contributed by atoms with Gasteiger partial charge in [-0.2, -0.15) is 0 Å². The number of ketones is 1. The number of Topliss-reactive ketones (excluding diaryl/α,β-unsaturated/α-hetero) is 1. The van der Waals surface area contributed by atoms with E-state index in [1.165, 1.54) is 0 Å². The monoisotopic (exact) mass is 400 g/mol. The van der Waals surface area contributed by atoms with Crippen molar-refractivity contribution in [2.45, 2.75) is 19.3 Å². The lowest BCUT2D eigenvalue weighted by molar-refractivity contribution is -0.116. The van der Waals surface area contributed by atoms with Gasteiger partial charge in [-0.25, -0.2) is 0 Å². The zero-order valence-electron chi connectivity index (χ0n) is 16.0. The lowest BCUT2D eigenvalue weighted by atomic mass is 9.89. The smallest absolute Gasteiger partial charge is 0.225 e. The Morgan fingerprint density at radius 1 is 1.07 bits per heavy atom. The highest BCUT2D eigenvalue weighted by molar-refractivity contribution is 6.30. The summed E-state index contributed by atoms with van der Waals surface area (Å²) in [5.74, 6) is 0.984. The van der Waals surface area contributed by atoms with E-state index < -0.39 is 0 Å². The van der Waals surface area contributed by atoms with Gasteiger partial charge in [0.15, 0.2) is 5.78 Å². The third kappa shape index (κ3) is 5.57. The minimum Gasteiger partial charge on any atom is -0.497 e. The van der Waals surface area contributed by atoms with Gasteiger partial charge >= 0.3 is 0 Å². The molecule has 1 N–H and O–H groups in total. The summed E-state index contributed by atoms with van der Waals surface area (Å²) in [5.41, 5.74) is 1.49. The predicted octanol–water partition coefficient (Wildman–Crippen LogP) is 4.27. The maximum Gasteiger partial charge on any atom is 0.225 e. The van der Waals surface area contributed by atoms with Gasteiger partial charge in [-0.15, -0.1) is 0 Å². The van der Waals surface area contributed by atoms with Crippen LogP contribution in [0.2, 0.25) is 5.02 Å². The van der Waals surface area contributed by atoms with E-state index in [-0.39, 0.29) is 17.6 Å². The molecule has 6 heteroatoms. The number of halogens is 1. The van der Waals surface area contributed by atoms with E-state index in [2.05, 4.69) is 10.2 Å². The Hall–Kier alpha value is -2.37. The van der Waals surface area contributed by atoms with Gasteiger partial charge in [0.05, 0.1) is 7.11 Å². The Balaban J connectivity index is 1.41. The van der Waals surface area contributed by atoms with Gasteiger partial charge < -0.3 is 15.0 Å². The first-order valence-corrected chi connectivity index (χ1v) is 9.89. The van der Waals surface area contributed by atoms with Crippen molar-refractivity contribution in [2.75, 3.05) is 32.1 Å². The first-order chi connectivity index (χ1) is 13.5. The number of hydrogen-bond acceptors (Lipinski definition) is 4. The molecule has 1 saturated heterocycles. The molecule has 3 rings (SSSR count). The molecule has 0 atom stereocenters. The van der Waals surface area contributed by atoms with E-state index in [1.807, 2.05) is 24.3 Å². The summed E-state index contributed by atoms with van der Waals surface area (Å²) in [6.07, 6.45) is 2.08. The van der Waals surface area contributed by atoms with E-state index in [9.17, 15) is 9.59 Å². The van der Waals surface area contributed by atoms with E-state index in [4.69, 9.17) is 16.3 Å². The second-order valence-corrected chi connectivity index (χ2v) is 7.45. The van der Waals surface area contributed by atoms with Crippen LogP contribution in [0.5, 0.6) is 5.75 Å². The molecular weight excluding hydrogens is 376 g/mol. The van der Waals surface area contributed by atoms with Crippen molar-refractivity contribution in [2.24, 2.45) is 5.92 Å². The van der Waals surface area contributed by atoms with Crippen LogP contribution in [0.3, 0.4) is 0 Å². The predicted molar refractivity (Wildman–Crippen MR) is 111 cm³/mol. The largest absolute Gasteiger partial charge is 0.497 e. The maximum atomic E-state index is 12.7. The van der Waals surface area contributed by atoms with Crippen LogP contribution in [0, 0.1) is 5.92 Å². The minimum atomic E-state index is -0.0150. The lowest BCUT2D eigenvalue weighted by Gasteiger charge is -2.31. The molecule has 0 saturated carbocycles. The van der Waals surface area contributed by atoms with Gasteiger partial charge in [0.25, 0.3) is 0 Å². The Labute approximate surface area is 170 Å². The van der Waals surface area contributed by atoms with E-state index >= 15 is 0 Å². The number of methoxy groups -OCH3 is 1. The normalized spacial score (nSPS) is 15.2. The fourth-order valence-corrected chi connectivity index (χ4v) is 3.55. The highest BCUT2D eigenvalue weighted by Gasteiger charge is 2.25. The molecule has 0 unspecified atom stereocenters. The van der Waals surface area contributed by atoms with E-state index in [0.717, 1.165) is 42.9 Å². The van der Waals surface area contributed by atoms with Crippen molar-refractivity contribution in [3.05, 3.63) is 59.1 Å². The minimum absolute atomic E-state index is 0.0150. The van der Waals surface area contributed by atoms with Crippen LogP contribution < -0.4 is 10.1 Å². The van der Waals surface area contributed by atoms with Gasteiger partial charge in [-0.3, -0.25) is 9.59 Å². The third-order valence-electron chi connectivity index (χ3n) is 5.12. The lowest BCUT2D eigenvalue weighted by Crippen LogP contribution is -2.38. The number of ether oxygens (including phenoxy) is 1. The molecule has 2 aromatic rings. The van der Waals surface area contributed by atoms with Crippen molar-refractivity contribution in [1.82, 2.24) is 4.90 Å². The number of rotatable bonds is 7. The zero-order chi connectivity index (χ0) is 19.9. The van der Waals surface area contributed by atoms with Crippen LogP contribution in [0.25, 0.3) is 0 Å². The second-order valence-electron chi connectivity index (χ2n) is 7.01. The fraction of sp³-hybridized carbons (Fsp3) is 0.364. The van der Waals surface area contributed by atoms with Crippen LogP contribution in [0.1, 0.15) is 29.6 Å². The third-order valence-corrected chi connectivity index (χ3v) is 5.37. The van der Waals surface area contributed by atoms with Crippen molar-refractivity contribution >= 4 is 29.0 Å². The van der Waals surface area contributed by atoms with Crippen LogP contribution >= 0.6 is 11.6 Å². The van der Waals surface area contributed by atoms with Crippen molar-refractivity contribution in [3.8, 4) is 5.75 Å². The molecule has 1 fully saturated rings. The Morgan fingerprint density at radius 3 is 2.32 bits per heavy atom. The fourth-order valence-electron chi connectivity index (χ4n) is 3.43. The summed E-state index contributed by atoms with van der Waals surface area (Å²) in [6, 6.07) is 14.4. The number of amides is 1. The number of hydrogen-bond donors (Lipinski definition) is 1. The Morgan fingerprint density at radius 2 is 1.71 bits per heavy atom. The molecule has 1 amide bonds. The summed E-state index contributed by atoms with van der Waals surface area (Å²) in [5, 5.41) is 3.52. The zero-order valence-corrected chi connectivity index (χ0v) is 16.7. The molecule has 28 heavy (non-hydrogen) atoms. The van der Waals surface area contributed by atoms with Crippen LogP contribution in [-0.2, 0) is 4.79 Å². The molecule has 5 nitrogen and oxygen atoms in total. The van der Waals surface area contributed by atoms with Gasteiger partial charge in [0.2, 0.25) is 5.91 Å². The summed E-state index contributed by atoms with van der Waals surface area (Å²) in [6.45, 7) is 2.37. The first kappa shape index (κ1) is 20.4. The van der Waals surface area contributed by atoms with Gasteiger partial charge in [0, 0.05) is 35.2 Å². The number of carbonyl (C=O) groups is 2. The van der Waals surface area contributed by atoms with Gasteiger partial charge in [-0.1, -0.05) is 11.6 Å². The van der Waals surface area contributed by atoms with Crippen LogP contribution in [-0.4, -0.2) is 43.3 Å². The highest BCUT2D eigenvalue weighted by Crippen LogP contribution is 2.23. The van der Waals surface area contributed by atoms with Crippen molar-refractivity contribution < 1.29 is 14.3 Å². The molecule has 1 aliphatic rings. The molecule has 2 aromatic carbocycles. The quantitative estimate of drug-likeness (QED) is 0.705. The second kappa shape index (κ2) is 9.71. The number of likely N-dealkylation sites (tertiary alicyclic amines) is 1. The molecule has 0 spiro atoms. The number of benzene rings is 2. The van der Waals surface area contributed by atoms with E-state index in [0.29, 0.717) is 18.0 Å². The summed E-state index contributed by atoms with van der Waals surface area (Å²) >= 11 is 5.85. The summed E-state index contributed by atoms with van der Waals surface area (Å²) < 4.78 is 5.14. The Kier molecular flexibility index (Phi) is 7.06. The maximum absolute atomic E-state index is 12.7. The summed E-state index contributed by atoms with van der Waals surface area (Å²) in [7, 11) is 1.61. The SMILES string of the molecule is COc1ccc(C(=O)C2CCN(CCC(=O)Nc3ccc(Cl)cc3)CC2)cc1. The van der Waals surface area contributed by atoms with Gasteiger partial charge in [0.1, 0.15) is 5.75 Å². The van der Waals surface area contributed by atoms with Crippen molar-refractivity contribution in [1.29, 1.82) is 0 Å². The number of nitrogens with zero attached hydrogens (tertiary/aromatic N) is 1. The van der Waals surface area contributed by atoms with Crippen molar-refractivity contribution in [3.63, 3.8) is 0 Å². The van der Waals surface area contributed by atoms with Crippen LogP contribution in [0.4, 0.5) is 5.69 Å². The molecule has 1 heterocycles. The molecule has 0 aliphatic carbocycles. The number of carbonyl (C=O) groups excluding carboxylic acids is 2. The Bertz CT molecular complexity index is 798. The van der Waals surface area contributed by atoms with Crippen LogP contribution in [0.15, 0.2) is 48.5 Å². The van der Waals surface area contributed by atoms with Gasteiger partial charge in [-0.05, 0) is 74.5 Å². The number of nitrogens with one attached hydrogen (secondary N) is 1. The van der Waals surface area contributed by atoms with E-state index in [1.54, 1.807) is 31.4 Å². The molecule has 148 valence electrons. The molecule has 0 radical (unpaired) electrons. The number of anilines is 1. The topological polar surface area (TPSA) is 58.6 Å². The average molecular weight is 401 g/mol. The average Bonchev–Trinajstić information content (AvgIpc) is 2.74. The first-order valence-electron chi connectivity index (χ1n) is 9.51. The summed E-state index contributed by atoms with van der Waals surface area (Å²) in [4.78, 5) is 27.0. The molecule has 0 aromatic heterocycles.